The summed E-state index contributed by atoms with van der Waals surface area (Å²) in [5, 5.41) is 0. The van der Waals surface area contributed by atoms with Crippen LogP contribution in [0.1, 0.15) is 0 Å². The average Bonchev–Trinajstić information content (AvgIpc) is 1.00. The summed E-state index contributed by atoms with van der Waals surface area (Å²) in [6, 6.07) is 0. The van der Waals surface area contributed by atoms with E-state index in [0.717, 1.165) is 0 Å². The monoisotopic (exact) mass is 312 g/mol. The molecule has 0 heterocycles. The fourth-order valence-corrected chi connectivity index (χ4v) is 0. The SMILES string of the molecule is Cl.Cl.F.F.[O]=[W]. The molecule has 0 atom stereocenters. The molecular formula is H4Cl2F2OW. The van der Waals surface area contributed by atoms with Crippen molar-refractivity contribution < 1.29 is 32.6 Å². The minimum absolute atomic E-state index is 0. The molecule has 0 aliphatic carbocycles. The van der Waals surface area contributed by atoms with Gasteiger partial charge in [-0.25, -0.2) is 0 Å². The van der Waals surface area contributed by atoms with Crippen LogP contribution in [0.3, 0.4) is 0 Å². The molecule has 0 bridgehead atoms. The zero-order chi connectivity index (χ0) is 2.00. The van der Waals surface area contributed by atoms with Gasteiger partial charge in [0.25, 0.3) is 0 Å². The first-order valence-corrected chi connectivity index (χ1v) is 1.36. The van der Waals surface area contributed by atoms with Crippen molar-refractivity contribution in [2.75, 3.05) is 0 Å². The number of rotatable bonds is 0. The van der Waals surface area contributed by atoms with Crippen molar-refractivity contribution in [2.24, 2.45) is 0 Å². The van der Waals surface area contributed by atoms with Crippen LogP contribution in [0.25, 0.3) is 0 Å². The summed E-state index contributed by atoms with van der Waals surface area (Å²) in [4.78, 5) is 0. The topological polar surface area (TPSA) is 17.1 Å². The summed E-state index contributed by atoms with van der Waals surface area (Å²) in [6.45, 7) is 0. The summed E-state index contributed by atoms with van der Waals surface area (Å²) in [5.41, 5.74) is 0. The van der Waals surface area contributed by atoms with Gasteiger partial charge >= 0.3 is 23.2 Å². The summed E-state index contributed by atoms with van der Waals surface area (Å²) >= 11 is 0.333. The van der Waals surface area contributed by atoms with Crippen molar-refractivity contribution in [2.45, 2.75) is 0 Å². The van der Waals surface area contributed by atoms with Crippen LogP contribution in [-0.4, -0.2) is 0 Å². The molecule has 0 spiro atoms. The predicted octanol–water partition coefficient (Wildman–Crippen LogP) is 1.03. The van der Waals surface area contributed by atoms with Crippen molar-refractivity contribution in [1.29, 1.82) is 0 Å². The van der Waals surface area contributed by atoms with Crippen LogP contribution in [0.5, 0.6) is 0 Å². The van der Waals surface area contributed by atoms with E-state index in [4.69, 9.17) is 3.40 Å². The summed E-state index contributed by atoms with van der Waals surface area (Å²) in [7, 11) is 0. The molecule has 0 radical (unpaired) electrons. The average molecular weight is 313 g/mol. The number of hydrogen-bond acceptors (Lipinski definition) is 1. The third-order valence-electron chi connectivity index (χ3n) is 0. The molecule has 44 valence electrons. The van der Waals surface area contributed by atoms with Gasteiger partial charge in [-0.1, -0.05) is 0 Å². The van der Waals surface area contributed by atoms with E-state index < -0.39 is 0 Å². The first-order valence-electron chi connectivity index (χ1n) is 0.167. The number of halogens is 4. The van der Waals surface area contributed by atoms with Crippen molar-refractivity contribution in [1.82, 2.24) is 0 Å². The summed E-state index contributed by atoms with van der Waals surface area (Å²) in [6.07, 6.45) is 0. The molecule has 0 N–H and O–H groups in total. The van der Waals surface area contributed by atoms with Gasteiger partial charge in [-0.05, 0) is 0 Å². The Labute approximate surface area is 57.6 Å². The second kappa shape index (κ2) is 167. The molecule has 6 heavy (non-hydrogen) atoms. The fraction of sp³-hybridized carbons (Fsp3) is 0. The Balaban J connectivity index is -0.000000000833. The minimum atomic E-state index is 0. The first-order chi connectivity index (χ1) is 1.00. The Morgan fingerprint density at radius 1 is 0.833 bits per heavy atom. The van der Waals surface area contributed by atoms with Gasteiger partial charge in [0, 0.05) is 0 Å². The molecule has 6 heteroatoms. The maximum absolute atomic E-state index is 8.33. The van der Waals surface area contributed by atoms with E-state index in [-0.39, 0.29) is 34.2 Å². The molecule has 0 amide bonds. The summed E-state index contributed by atoms with van der Waals surface area (Å²) in [5.74, 6) is 0. The Bertz CT molecular complexity index is 11.5. The van der Waals surface area contributed by atoms with Crippen LogP contribution in [0.4, 0.5) is 9.41 Å². The van der Waals surface area contributed by atoms with Crippen LogP contribution >= 0.6 is 24.8 Å². The molecule has 1 nitrogen and oxygen atoms in total. The van der Waals surface area contributed by atoms with Gasteiger partial charge in [0.1, 0.15) is 0 Å². The Morgan fingerprint density at radius 3 is 0.833 bits per heavy atom. The molecule has 0 unspecified atom stereocenters. The molecule has 0 aromatic heterocycles. The quantitative estimate of drug-likeness (QED) is 0.653. The summed E-state index contributed by atoms with van der Waals surface area (Å²) < 4.78 is 8.33. The third-order valence-corrected chi connectivity index (χ3v) is 0. The van der Waals surface area contributed by atoms with Crippen molar-refractivity contribution in [3.05, 3.63) is 0 Å². The molecule has 0 aliphatic rings. The predicted molar refractivity (Wildman–Crippen MR) is 20.2 cm³/mol. The molecular weight excluding hydrogens is 309 g/mol. The van der Waals surface area contributed by atoms with Gasteiger partial charge < -0.3 is 0 Å². The fourth-order valence-electron chi connectivity index (χ4n) is 0. The molecule has 0 aromatic rings. The van der Waals surface area contributed by atoms with E-state index in [2.05, 4.69) is 0 Å². The van der Waals surface area contributed by atoms with E-state index in [0.29, 0.717) is 19.8 Å². The van der Waals surface area contributed by atoms with E-state index in [1.54, 1.807) is 0 Å². The molecule has 0 fully saturated rings. The van der Waals surface area contributed by atoms with Crippen molar-refractivity contribution in [3.63, 3.8) is 0 Å². The van der Waals surface area contributed by atoms with E-state index in [1.165, 1.54) is 0 Å². The normalized spacial score (nSPS) is 0.667. The van der Waals surface area contributed by atoms with Gasteiger partial charge in [0.15, 0.2) is 0 Å². The van der Waals surface area contributed by atoms with Gasteiger partial charge in [0.2, 0.25) is 0 Å². The molecule has 0 saturated carbocycles. The van der Waals surface area contributed by atoms with Crippen LogP contribution in [-0.2, 0) is 23.2 Å². The van der Waals surface area contributed by atoms with Crippen LogP contribution in [0.15, 0.2) is 0 Å². The van der Waals surface area contributed by atoms with Gasteiger partial charge in [-0.2, -0.15) is 0 Å². The Morgan fingerprint density at radius 2 is 0.833 bits per heavy atom. The van der Waals surface area contributed by atoms with Gasteiger partial charge in [-0.3, -0.25) is 9.41 Å². The first kappa shape index (κ1) is 65.5. The van der Waals surface area contributed by atoms with Gasteiger partial charge in [0.05, 0.1) is 0 Å². The zero-order valence-corrected chi connectivity index (χ0v) is 7.02. The number of hydrogen-bond donors (Lipinski definition) is 0. The third kappa shape index (κ3) is 88.3. The van der Waals surface area contributed by atoms with Crippen molar-refractivity contribution in [3.8, 4) is 0 Å². The van der Waals surface area contributed by atoms with E-state index in [9.17, 15) is 0 Å². The Kier molecular flexibility index (Phi) is 1820. The second-order valence-corrected chi connectivity index (χ2v) is 0. The second-order valence-electron chi connectivity index (χ2n) is 0. The van der Waals surface area contributed by atoms with E-state index >= 15 is 0 Å². The van der Waals surface area contributed by atoms with Crippen LogP contribution in [0, 0.1) is 0 Å². The van der Waals surface area contributed by atoms with E-state index in [1.807, 2.05) is 0 Å². The van der Waals surface area contributed by atoms with Crippen molar-refractivity contribution >= 4 is 24.8 Å². The zero-order valence-electron chi connectivity index (χ0n) is 2.45. The van der Waals surface area contributed by atoms with Crippen LogP contribution < -0.4 is 0 Å². The molecule has 0 aliphatic heterocycles. The Hall–Kier alpha value is 0.928. The van der Waals surface area contributed by atoms with Gasteiger partial charge in [-0.15, -0.1) is 24.8 Å². The standard InChI is InChI=1S/2ClH.2FH.O.W/h4*1H;;. The maximum atomic E-state index is 8.33. The molecule has 0 saturated heterocycles. The van der Waals surface area contributed by atoms with Crippen LogP contribution in [0.2, 0.25) is 0 Å². The molecule has 0 aromatic carbocycles. The molecule has 0 rings (SSSR count).